The summed E-state index contributed by atoms with van der Waals surface area (Å²) in [5.74, 6) is 0.640. The molecule has 3 aromatic rings. The Hall–Kier alpha value is -2.60. The van der Waals surface area contributed by atoms with Crippen molar-refractivity contribution in [3.63, 3.8) is 0 Å². The second kappa shape index (κ2) is 5.41. The van der Waals surface area contributed by atoms with Crippen molar-refractivity contribution < 1.29 is 4.92 Å². The van der Waals surface area contributed by atoms with Crippen molar-refractivity contribution in [2.75, 3.05) is 0 Å². The van der Waals surface area contributed by atoms with E-state index >= 15 is 0 Å². The minimum atomic E-state index is -0.411. The van der Waals surface area contributed by atoms with E-state index in [4.69, 9.17) is 0 Å². The fraction of sp³-hybridized carbons (Fsp3) is 0.0667. The van der Waals surface area contributed by atoms with Gasteiger partial charge in [0.05, 0.1) is 4.92 Å². The molecule has 21 heavy (non-hydrogen) atoms. The Morgan fingerprint density at radius 1 is 1.10 bits per heavy atom. The highest BCUT2D eigenvalue weighted by Gasteiger charge is 2.12. The van der Waals surface area contributed by atoms with Crippen LogP contribution in [0.2, 0.25) is 0 Å². The van der Waals surface area contributed by atoms with E-state index < -0.39 is 4.92 Å². The van der Waals surface area contributed by atoms with E-state index in [1.165, 1.54) is 29.2 Å². The smallest absolute Gasteiger partial charge is 0.258 e. The van der Waals surface area contributed by atoms with E-state index in [0.717, 1.165) is 5.56 Å². The van der Waals surface area contributed by atoms with E-state index in [0.29, 0.717) is 16.4 Å². The Morgan fingerprint density at radius 3 is 2.57 bits per heavy atom. The number of rotatable bonds is 3. The Kier molecular flexibility index (Phi) is 3.45. The molecule has 0 saturated heterocycles. The largest absolute Gasteiger partial charge is 0.270 e. The lowest BCUT2D eigenvalue weighted by molar-refractivity contribution is -0.384. The van der Waals surface area contributed by atoms with Crippen LogP contribution in [0.1, 0.15) is 5.56 Å². The number of non-ortho nitro benzene ring substituents is 1. The second-order valence-electron chi connectivity index (χ2n) is 4.60. The van der Waals surface area contributed by atoms with Gasteiger partial charge in [-0.15, -0.1) is 0 Å². The molecule has 0 radical (unpaired) electrons. The molecule has 104 valence electrons. The number of nitrogens with zero attached hydrogens (tertiary/aromatic N) is 3. The first kappa shape index (κ1) is 13.4. The van der Waals surface area contributed by atoms with Gasteiger partial charge in [0, 0.05) is 23.3 Å². The van der Waals surface area contributed by atoms with Gasteiger partial charge in [-0.3, -0.25) is 10.1 Å². The first-order chi connectivity index (χ1) is 10.1. The van der Waals surface area contributed by atoms with Crippen LogP contribution in [0, 0.1) is 17.0 Å². The van der Waals surface area contributed by atoms with Gasteiger partial charge in [-0.25, -0.2) is 4.98 Å². The zero-order chi connectivity index (χ0) is 14.8. The summed E-state index contributed by atoms with van der Waals surface area (Å²) < 4.78 is 4.33. The average molecular weight is 297 g/mol. The first-order valence-corrected chi connectivity index (χ1v) is 7.06. The number of hydrogen-bond acceptors (Lipinski definition) is 5. The molecular formula is C15H11N3O2S. The van der Waals surface area contributed by atoms with E-state index in [1.807, 2.05) is 31.2 Å². The predicted octanol–water partition coefficient (Wildman–Crippen LogP) is 4.09. The molecule has 0 saturated carbocycles. The normalized spacial score (nSPS) is 10.5. The van der Waals surface area contributed by atoms with Crippen molar-refractivity contribution in [1.82, 2.24) is 9.36 Å². The maximum absolute atomic E-state index is 10.8. The van der Waals surface area contributed by atoms with Crippen LogP contribution in [0.4, 0.5) is 5.69 Å². The molecule has 5 nitrogen and oxygen atoms in total. The fourth-order valence-electron chi connectivity index (χ4n) is 1.91. The maximum Gasteiger partial charge on any atom is 0.270 e. The number of aryl methyl sites for hydroxylation is 1. The second-order valence-corrected chi connectivity index (χ2v) is 5.35. The van der Waals surface area contributed by atoms with Crippen molar-refractivity contribution in [2.24, 2.45) is 0 Å². The lowest BCUT2D eigenvalue weighted by Gasteiger charge is -1.97. The third kappa shape index (κ3) is 2.80. The SMILES string of the molecule is Cc1ccc(-c2nsc(-c3cccc([N+](=O)[O-])c3)n2)cc1. The summed E-state index contributed by atoms with van der Waals surface area (Å²) in [6, 6.07) is 14.4. The quantitative estimate of drug-likeness (QED) is 0.539. The van der Waals surface area contributed by atoms with Crippen LogP contribution in [-0.2, 0) is 0 Å². The maximum atomic E-state index is 10.8. The first-order valence-electron chi connectivity index (χ1n) is 6.29. The van der Waals surface area contributed by atoms with Gasteiger partial charge in [0.15, 0.2) is 5.82 Å². The van der Waals surface area contributed by atoms with Crippen LogP contribution in [0.5, 0.6) is 0 Å². The molecule has 1 aromatic heterocycles. The van der Waals surface area contributed by atoms with Crippen LogP contribution in [0.15, 0.2) is 48.5 Å². The molecule has 0 fully saturated rings. The monoisotopic (exact) mass is 297 g/mol. The number of nitro groups is 1. The van der Waals surface area contributed by atoms with E-state index in [1.54, 1.807) is 12.1 Å². The van der Waals surface area contributed by atoms with Crippen molar-refractivity contribution in [2.45, 2.75) is 6.92 Å². The third-order valence-corrected chi connectivity index (χ3v) is 3.80. The highest BCUT2D eigenvalue weighted by molar-refractivity contribution is 7.09. The number of aromatic nitrogens is 2. The van der Waals surface area contributed by atoms with Crippen molar-refractivity contribution >= 4 is 17.2 Å². The molecule has 0 bridgehead atoms. The standard InChI is InChI=1S/C15H11N3O2S/c1-10-5-7-11(8-6-10)14-16-15(21-17-14)12-3-2-4-13(9-12)18(19)20/h2-9H,1H3. The number of hydrogen-bond donors (Lipinski definition) is 0. The highest BCUT2D eigenvalue weighted by Crippen LogP contribution is 2.28. The highest BCUT2D eigenvalue weighted by atomic mass is 32.1. The van der Waals surface area contributed by atoms with Crippen LogP contribution >= 0.6 is 11.5 Å². The molecule has 0 unspecified atom stereocenters. The van der Waals surface area contributed by atoms with E-state index in [9.17, 15) is 10.1 Å². The molecule has 0 amide bonds. The van der Waals surface area contributed by atoms with Gasteiger partial charge in [-0.1, -0.05) is 42.0 Å². The number of benzene rings is 2. The van der Waals surface area contributed by atoms with Gasteiger partial charge in [0.2, 0.25) is 0 Å². The topological polar surface area (TPSA) is 68.9 Å². The molecule has 0 spiro atoms. The van der Waals surface area contributed by atoms with Crippen LogP contribution in [0.25, 0.3) is 22.0 Å². The summed E-state index contributed by atoms with van der Waals surface area (Å²) in [6.45, 7) is 2.02. The molecule has 6 heteroatoms. The third-order valence-electron chi connectivity index (χ3n) is 3.04. The van der Waals surface area contributed by atoms with Crippen LogP contribution in [-0.4, -0.2) is 14.3 Å². The molecule has 1 heterocycles. The summed E-state index contributed by atoms with van der Waals surface area (Å²) in [4.78, 5) is 14.9. The van der Waals surface area contributed by atoms with Crippen molar-refractivity contribution in [3.05, 3.63) is 64.2 Å². The van der Waals surface area contributed by atoms with Gasteiger partial charge < -0.3 is 0 Å². The Morgan fingerprint density at radius 2 is 1.86 bits per heavy atom. The molecule has 0 atom stereocenters. The molecule has 0 aliphatic heterocycles. The van der Waals surface area contributed by atoms with E-state index in [-0.39, 0.29) is 5.69 Å². The molecule has 0 N–H and O–H groups in total. The Bertz CT molecular complexity index is 797. The minimum Gasteiger partial charge on any atom is -0.258 e. The molecule has 3 rings (SSSR count). The summed E-state index contributed by atoms with van der Waals surface area (Å²) in [6.07, 6.45) is 0. The van der Waals surface area contributed by atoms with Gasteiger partial charge in [-0.05, 0) is 18.5 Å². The predicted molar refractivity (Wildman–Crippen MR) is 82.2 cm³/mol. The van der Waals surface area contributed by atoms with Gasteiger partial charge in [0.1, 0.15) is 5.01 Å². The molecule has 0 aliphatic carbocycles. The molecule has 0 aliphatic rings. The summed E-state index contributed by atoms with van der Waals surface area (Å²) in [7, 11) is 0. The van der Waals surface area contributed by atoms with E-state index in [2.05, 4.69) is 9.36 Å². The van der Waals surface area contributed by atoms with Gasteiger partial charge in [0.25, 0.3) is 5.69 Å². The minimum absolute atomic E-state index is 0.0552. The molecule has 2 aromatic carbocycles. The summed E-state index contributed by atoms with van der Waals surface area (Å²) in [5, 5.41) is 11.5. The Labute approximate surface area is 125 Å². The van der Waals surface area contributed by atoms with Crippen molar-refractivity contribution in [3.8, 4) is 22.0 Å². The Balaban J connectivity index is 1.96. The van der Waals surface area contributed by atoms with Gasteiger partial charge in [-0.2, -0.15) is 4.37 Å². The number of nitro benzene ring substituents is 1. The zero-order valence-electron chi connectivity index (χ0n) is 11.2. The van der Waals surface area contributed by atoms with Crippen molar-refractivity contribution in [1.29, 1.82) is 0 Å². The molecular weight excluding hydrogens is 286 g/mol. The lowest BCUT2D eigenvalue weighted by Crippen LogP contribution is -1.88. The fourth-order valence-corrected chi connectivity index (χ4v) is 2.59. The van der Waals surface area contributed by atoms with Gasteiger partial charge >= 0.3 is 0 Å². The summed E-state index contributed by atoms with van der Waals surface area (Å²) >= 11 is 1.24. The van der Waals surface area contributed by atoms with Crippen LogP contribution < -0.4 is 0 Å². The lowest BCUT2D eigenvalue weighted by atomic mass is 10.1. The van der Waals surface area contributed by atoms with Crippen LogP contribution in [0.3, 0.4) is 0 Å². The summed E-state index contributed by atoms with van der Waals surface area (Å²) in [5.41, 5.74) is 2.88. The zero-order valence-corrected chi connectivity index (χ0v) is 12.0. The average Bonchev–Trinajstić information content (AvgIpc) is 2.98.